The Morgan fingerprint density at radius 1 is 1.27 bits per heavy atom. The summed E-state index contributed by atoms with van der Waals surface area (Å²) in [6.45, 7) is 11.3. The second kappa shape index (κ2) is 5.54. The van der Waals surface area contributed by atoms with Gasteiger partial charge < -0.3 is 4.90 Å². The fourth-order valence-electron chi connectivity index (χ4n) is 0.785. The number of rotatable bonds is 4. The Balaban J connectivity index is 4.46. The molecule has 0 aromatic rings. The van der Waals surface area contributed by atoms with Crippen LogP contribution in [0.1, 0.15) is 13.8 Å². The lowest BCUT2D eigenvalue weighted by molar-refractivity contribution is 0.651. The minimum Gasteiger partial charge on any atom is -0.325 e. The van der Waals surface area contributed by atoms with Crippen molar-refractivity contribution < 1.29 is 0 Å². The van der Waals surface area contributed by atoms with Crippen LogP contribution in [-0.4, -0.2) is 4.90 Å². The zero-order chi connectivity index (χ0) is 8.69. The molecule has 0 N–H and O–H groups in total. The number of nitrogens with zero attached hydrogens (tertiary/aromatic N) is 1. The van der Waals surface area contributed by atoms with Crippen molar-refractivity contribution >= 4 is 0 Å². The Kier molecular flexibility index (Phi) is 4.91. The molecular weight excluding hydrogens is 134 g/mol. The first-order valence-corrected chi connectivity index (χ1v) is 3.62. The predicted octanol–water partition coefficient (Wildman–Crippen LogP) is 3.06. The maximum Gasteiger partial charge on any atom is 0.0400 e. The van der Waals surface area contributed by atoms with E-state index < -0.39 is 0 Å². The van der Waals surface area contributed by atoms with Crippen molar-refractivity contribution in [1.82, 2.24) is 4.90 Å². The molecule has 0 aliphatic rings. The van der Waals surface area contributed by atoms with E-state index in [1.54, 1.807) is 12.3 Å². The first-order chi connectivity index (χ1) is 5.29. The maximum atomic E-state index is 3.69. The molecule has 0 amide bonds. The average molecular weight is 149 g/mol. The van der Waals surface area contributed by atoms with E-state index in [9.17, 15) is 0 Å². The lowest BCUT2D eigenvalue weighted by Crippen LogP contribution is -2.05. The first kappa shape index (κ1) is 9.76. The van der Waals surface area contributed by atoms with Gasteiger partial charge >= 0.3 is 0 Å². The highest BCUT2D eigenvalue weighted by molar-refractivity contribution is 5.18. The Hall–Kier alpha value is -1.24. The maximum absolute atomic E-state index is 3.69. The summed E-state index contributed by atoms with van der Waals surface area (Å²) in [6.07, 6.45) is 9.41. The SMILES string of the molecule is C=C/C(=C/C)N(C=C)/C=C\C. The highest BCUT2D eigenvalue weighted by Crippen LogP contribution is 2.05. The van der Waals surface area contributed by atoms with Gasteiger partial charge in [0.25, 0.3) is 0 Å². The monoisotopic (exact) mass is 149 g/mol. The first-order valence-electron chi connectivity index (χ1n) is 3.62. The van der Waals surface area contributed by atoms with Gasteiger partial charge in [0.05, 0.1) is 0 Å². The zero-order valence-electron chi connectivity index (χ0n) is 7.25. The summed E-state index contributed by atoms with van der Waals surface area (Å²) in [6, 6.07) is 0. The van der Waals surface area contributed by atoms with E-state index in [4.69, 9.17) is 0 Å². The van der Waals surface area contributed by atoms with E-state index in [-0.39, 0.29) is 0 Å². The van der Waals surface area contributed by atoms with Crippen molar-refractivity contribution in [3.8, 4) is 0 Å². The van der Waals surface area contributed by atoms with Gasteiger partial charge in [0.15, 0.2) is 0 Å². The summed E-state index contributed by atoms with van der Waals surface area (Å²) < 4.78 is 0. The molecule has 0 saturated heterocycles. The van der Waals surface area contributed by atoms with Crippen LogP contribution in [0, 0.1) is 0 Å². The quantitative estimate of drug-likeness (QED) is 0.555. The predicted molar refractivity (Wildman–Crippen MR) is 50.8 cm³/mol. The van der Waals surface area contributed by atoms with Gasteiger partial charge in [-0.1, -0.05) is 25.3 Å². The van der Waals surface area contributed by atoms with Gasteiger partial charge in [-0.05, 0) is 19.9 Å². The molecule has 0 radical (unpaired) electrons. The molecule has 0 unspecified atom stereocenters. The van der Waals surface area contributed by atoms with Gasteiger partial charge in [-0.25, -0.2) is 0 Å². The molecule has 0 fully saturated rings. The molecule has 0 rings (SSSR count). The highest BCUT2D eigenvalue weighted by atomic mass is 15.1. The van der Waals surface area contributed by atoms with Crippen molar-refractivity contribution in [3.05, 3.63) is 49.5 Å². The van der Waals surface area contributed by atoms with Crippen molar-refractivity contribution in [2.24, 2.45) is 0 Å². The summed E-state index contributed by atoms with van der Waals surface area (Å²) in [5.41, 5.74) is 1.04. The lowest BCUT2D eigenvalue weighted by Gasteiger charge is -2.14. The zero-order valence-corrected chi connectivity index (χ0v) is 7.25. The Morgan fingerprint density at radius 3 is 2.18 bits per heavy atom. The molecule has 0 bridgehead atoms. The van der Waals surface area contributed by atoms with Crippen molar-refractivity contribution in [2.75, 3.05) is 0 Å². The Morgan fingerprint density at radius 2 is 1.91 bits per heavy atom. The van der Waals surface area contributed by atoms with Crippen molar-refractivity contribution in [3.63, 3.8) is 0 Å². The topological polar surface area (TPSA) is 3.24 Å². The Bertz CT molecular complexity index is 187. The molecule has 11 heavy (non-hydrogen) atoms. The fourth-order valence-corrected chi connectivity index (χ4v) is 0.785. The van der Waals surface area contributed by atoms with Crippen LogP contribution >= 0.6 is 0 Å². The van der Waals surface area contributed by atoms with Crippen molar-refractivity contribution in [2.45, 2.75) is 13.8 Å². The van der Waals surface area contributed by atoms with Gasteiger partial charge in [-0.3, -0.25) is 0 Å². The van der Waals surface area contributed by atoms with E-state index in [0.29, 0.717) is 0 Å². The molecule has 0 atom stereocenters. The van der Waals surface area contributed by atoms with Crippen LogP contribution in [0.5, 0.6) is 0 Å². The van der Waals surface area contributed by atoms with E-state index in [1.165, 1.54) is 0 Å². The van der Waals surface area contributed by atoms with E-state index in [2.05, 4.69) is 13.2 Å². The molecule has 1 nitrogen and oxygen atoms in total. The minimum atomic E-state index is 1.04. The summed E-state index contributed by atoms with van der Waals surface area (Å²) in [4.78, 5) is 1.91. The van der Waals surface area contributed by atoms with Gasteiger partial charge in [0, 0.05) is 18.1 Å². The number of hydrogen-bond acceptors (Lipinski definition) is 1. The standard InChI is InChI=1S/C10H15N/c1-5-9-11(8-4)10(6-2)7-3/h5-9H,2,4H2,1,3H3/b9-5-,10-7-. The van der Waals surface area contributed by atoms with Gasteiger partial charge in [0.2, 0.25) is 0 Å². The van der Waals surface area contributed by atoms with Gasteiger partial charge in [0.1, 0.15) is 0 Å². The summed E-state index contributed by atoms with van der Waals surface area (Å²) in [5, 5.41) is 0. The summed E-state index contributed by atoms with van der Waals surface area (Å²) in [7, 11) is 0. The van der Waals surface area contributed by atoms with Crippen molar-refractivity contribution in [1.29, 1.82) is 0 Å². The van der Waals surface area contributed by atoms with Crippen LogP contribution in [0.25, 0.3) is 0 Å². The number of hydrogen-bond donors (Lipinski definition) is 0. The third kappa shape index (κ3) is 2.89. The molecule has 0 spiro atoms. The van der Waals surface area contributed by atoms with Gasteiger partial charge in [-0.2, -0.15) is 0 Å². The molecule has 1 heteroatoms. The smallest absolute Gasteiger partial charge is 0.0400 e. The highest BCUT2D eigenvalue weighted by Gasteiger charge is 1.93. The molecule has 0 heterocycles. The van der Waals surface area contributed by atoms with Crippen LogP contribution in [-0.2, 0) is 0 Å². The van der Waals surface area contributed by atoms with Crippen LogP contribution in [0.15, 0.2) is 49.5 Å². The minimum absolute atomic E-state index is 1.04. The Labute approximate surface area is 69.0 Å². The van der Waals surface area contributed by atoms with Crippen LogP contribution in [0.2, 0.25) is 0 Å². The average Bonchev–Trinajstić information content (AvgIpc) is 2.05. The summed E-state index contributed by atoms with van der Waals surface area (Å²) >= 11 is 0. The van der Waals surface area contributed by atoms with Crippen LogP contribution < -0.4 is 0 Å². The van der Waals surface area contributed by atoms with Crippen LogP contribution in [0.3, 0.4) is 0 Å². The molecule has 0 aliphatic carbocycles. The van der Waals surface area contributed by atoms with E-state index in [0.717, 1.165) is 5.70 Å². The second-order valence-electron chi connectivity index (χ2n) is 1.99. The lowest BCUT2D eigenvalue weighted by atomic mass is 10.3. The molecule has 60 valence electrons. The van der Waals surface area contributed by atoms with E-state index >= 15 is 0 Å². The van der Waals surface area contributed by atoms with E-state index in [1.807, 2.05) is 37.1 Å². The molecule has 0 aromatic heterocycles. The third-order valence-electron chi connectivity index (χ3n) is 1.31. The molecule has 0 aromatic carbocycles. The third-order valence-corrected chi connectivity index (χ3v) is 1.31. The van der Waals surface area contributed by atoms with Crippen LogP contribution in [0.4, 0.5) is 0 Å². The number of allylic oxidation sites excluding steroid dienone is 3. The van der Waals surface area contributed by atoms with Gasteiger partial charge in [-0.15, -0.1) is 0 Å². The molecule has 0 saturated carbocycles. The largest absolute Gasteiger partial charge is 0.325 e. The normalized spacial score (nSPS) is 11.6. The summed E-state index contributed by atoms with van der Waals surface area (Å²) in [5.74, 6) is 0. The fraction of sp³-hybridized carbons (Fsp3) is 0.200. The molecule has 0 aliphatic heterocycles. The molecular formula is C10H15N. The second-order valence-corrected chi connectivity index (χ2v) is 1.99.